The summed E-state index contributed by atoms with van der Waals surface area (Å²) in [5.74, 6) is 3.43. The van der Waals surface area contributed by atoms with Crippen molar-refractivity contribution in [2.24, 2.45) is 52.3 Å². The van der Waals surface area contributed by atoms with Gasteiger partial charge in [0.05, 0.1) is 18.9 Å². The number of carbonyl (C=O) groups is 2. The number of carbonyl (C=O) groups excluding carboxylic acids is 2. The Morgan fingerprint density at radius 2 is 1.75 bits per heavy atom. The van der Waals surface area contributed by atoms with E-state index in [4.69, 9.17) is 18.9 Å². The van der Waals surface area contributed by atoms with Crippen LogP contribution in [-0.2, 0) is 28.5 Å². The van der Waals surface area contributed by atoms with E-state index in [0.717, 1.165) is 61.2 Å². The van der Waals surface area contributed by atoms with Crippen LogP contribution in [0.25, 0.3) is 0 Å². The molecule has 0 bridgehead atoms. The molecule has 3 saturated carbocycles. The second-order valence-corrected chi connectivity index (χ2v) is 17.2. The van der Waals surface area contributed by atoms with Crippen molar-refractivity contribution in [3.8, 4) is 0 Å². The van der Waals surface area contributed by atoms with Crippen molar-refractivity contribution >= 4 is 11.9 Å². The lowest BCUT2D eigenvalue weighted by atomic mass is 9.47. The average molecular weight is 675 g/mol. The number of aliphatic hydroxyl groups excluding tert-OH is 2. The molecular formula is C40H66O8. The van der Waals surface area contributed by atoms with Crippen LogP contribution in [0.3, 0.4) is 0 Å². The molecule has 1 saturated heterocycles. The van der Waals surface area contributed by atoms with Crippen molar-refractivity contribution in [3.05, 3.63) is 11.6 Å². The Balaban J connectivity index is 1.08. The topological polar surface area (TPSA) is 112 Å². The van der Waals surface area contributed by atoms with Crippen molar-refractivity contribution in [3.63, 3.8) is 0 Å². The standard InChI is InChI=1S/C40H66O8/c1-8-45-37-26(5)38(44)48-33(36(37)43)23-46-34(41)16-17-35(42)47-28-18-20-39(6)27(22-28)12-13-29-31-15-14-30(25(4)11-9-10-24(2)3)40(31,7)21-19-32(29)39/h12,24-26,28-33,36-38,43-44H,8-11,13-23H2,1-7H3/t25-,26?,28+,29?,30-,31?,32?,33?,36+,37-,38?,39+,40-/m1/s1. The van der Waals surface area contributed by atoms with Gasteiger partial charge in [-0.15, -0.1) is 0 Å². The third-order valence-corrected chi connectivity index (χ3v) is 13.9. The summed E-state index contributed by atoms with van der Waals surface area (Å²) in [5.41, 5.74) is 2.15. The molecule has 8 heteroatoms. The lowest BCUT2D eigenvalue weighted by molar-refractivity contribution is -0.275. The van der Waals surface area contributed by atoms with Crippen LogP contribution in [0.4, 0.5) is 0 Å². The van der Waals surface area contributed by atoms with E-state index < -0.39 is 36.5 Å². The molecule has 5 rings (SSSR count). The zero-order valence-corrected chi connectivity index (χ0v) is 31.0. The monoisotopic (exact) mass is 674 g/mol. The van der Waals surface area contributed by atoms with Gasteiger partial charge in [0.1, 0.15) is 24.9 Å². The third kappa shape index (κ3) is 7.87. The van der Waals surface area contributed by atoms with Crippen molar-refractivity contribution < 1.29 is 38.7 Å². The van der Waals surface area contributed by atoms with Gasteiger partial charge in [-0.1, -0.05) is 72.5 Å². The predicted molar refractivity (Wildman–Crippen MR) is 185 cm³/mol. The first-order valence-corrected chi connectivity index (χ1v) is 19.5. The van der Waals surface area contributed by atoms with E-state index >= 15 is 0 Å². The smallest absolute Gasteiger partial charge is 0.306 e. The first-order chi connectivity index (χ1) is 22.8. The van der Waals surface area contributed by atoms with Crippen LogP contribution >= 0.6 is 0 Å². The normalized spacial score (nSPS) is 41.5. The van der Waals surface area contributed by atoms with Gasteiger partial charge >= 0.3 is 11.9 Å². The summed E-state index contributed by atoms with van der Waals surface area (Å²) < 4.78 is 22.3. The summed E-state index contributed by atoms with van der Waals surface area (Å²) in [7, 11) is 0. The van der Waals surface area contributed by atoms with Gasteiger partial charge in [0, 0.05) is 18.9 Å². The number of aliphatic hydroxyl groups is 2. The highest BCUT2D eigenvalue weighted by molar-refractivity contribution is 5.77. The largest absolute Gasteiger partial charge is 0.463 e. The number of esters is 2. The fourth-order valence-corrected chi connectivity index (χ4v) is 11.1. The van der Waals surface area contributed by atoms with Gasteiger partial charge in [0.2, 0.25) is 0 Å². The van der Waals surface area contributed by atoms with Crippen molar-refractivity contribution in [1.29, 1.82) is 0 Å². The Hall–Kier alpha value is -1.48. The molecule has 6 unspecified atom stereocenters. The highest BCUT2D eigenvalue weighted by Gasteiger charge is 2.59. The van der Waals surface area contributed by atoms with E-state index in [1.165, 1.54) is 50.5 Å². The summed E-state index contributed by atoms with van der Waals surface area (Å²) >= 11 is 0. The maximum absolute atomic E-state index is 12.8. The number of ether oxygens (including phenoxy) is 4. The number of hydrogen-bond donors (Lipinski definition) is 2. The molecule has 13 atom stereocenters. The van der Waals surface area contributed by atoms with Gasteiger partial charge in [-0.2, -0.15) is 0 Å². The van der Waals surface area contributed by atoms with Crippen LogP contribution in [0.1, 0.15) is 132 Å². The second-order valence-electron chi connectivity index (χ2n) is 17.2. The van der Waals surface area contributed by atoms with Gasteiger partial charge in [0.25, 0.3) is 0 Å². The molecule has 4 aliphatic carbocycles. The zero-order chi connectivity index (χ0) is 34.8. The lowest BCUT2D eigenvalue weighted by Gasteiger charge is -2.58. The quantitative estimate of drug-likeness (QED) is 0.154. The predicted octanol–water partition coefficient (Wildman–Crippen LogP) is 7.38. The minimum absolute atomic E-state index is 0.0526. The number of rotatable bonds is 13. The molecule has 0 aromatic carbocycles. The van der Waals surface area contributed by atoms with E-state index in [1.807, 2.05) is 6.92 Å². The molecule has 0 radical (unpaired) electrons. The highest BCUT2D eigenvalue weighted by atomic mass is 16.6. The molecule has 0 aromatic heterocycles. The Morgan fingerprint density at radius 3 is 2.48 bits per heavy atom. The number of hydrogen-bond acceptors (Lipinski definition) is 8. The third-order valence-electron chi connectivity index (χ3n) is 13.9. The summed E-state index contributed by atoms with van der Waals surface area (Å²) in [6.45, 7) is 16.1. The summed E-state index contributed by atoms with van der Waals surface area (Å²) in [4.78, 5) is 25.3. The molecule has 0 spiro atoms. The van der Waals surface area contributed by atoms with Gasteiger partial charge in [-0.25, -0.2) is 0 Å². The van der Waals surface area contributed by atoms with Gasteiger partial charge in [-0.05, 0) is 98.2 Å². The van der Waals surface area contributed by atoms with Crippen molar-refractivity contribution in [1.82, 2.24) is 0 Å². The Labute approximate surface area is 290 Å². The molecule has 1 heterocycles. The summed E-state index contributed by atoms with van der Waals surface area (Å²) in [6.07, 6.45) is 12.0. The fourth-order valence-electron chi connectivity index (χ4n) is 11.1. The molecule has 8 nitrogen and oxygen atoms in total. The maximum Gasteiger partial charge on any atom is 0.306 e. The first kappa shape index (κ1) is 37.8. The molecule has 2 N–H and O–H groups in total. The van der Waals surface area contributed by atoms with Crippen LogP contribution in [0.5, 0.6) is 0 Å². The number of fused-ring (bicyclic) bond motifs is 5. The van der Waals surface area contributed by atoms with Crippen LogP contribution in [-0.4, -0.2) is 66.1 Å². The summed E-state index contributed by atoms with van der Waals surface area (Å²) in [6, 6.07) is 0. The molecule has 0 amide bonds. The van der Waals surface area contributed by atoms with Crippen molar-refractivity contribution in [2.45, 2.75) is 163 Å². The van der Waals surface area contributed by atoms with E-state index in [1.54, 1.807) is 6.92 Å². The Bertz CT molecular complexity index is 1140. The average Bonchev–Trinajstić information content (AvgIpc) is 3.40. The number of allylic oxidation sites excluding steroid dienone is 1. The van der Waals surface area contributed by atoms with Crippen LogP contribution in [0.2, 0.25) is 0 Å². The lowest BCUT2D eigenvalue weighted by Crippen LogP contribution is -2.56. The maximum atomic E-state index is 12.8. The molecular weight excluding hydrogens is 608 g/mol. The minimum Gasteiger partial charge on any atom is -0.463 e. The minimum atomic E-state index is -1.13. The van der Waals surface area contributed by atoms with Gasteiger partial charge in [0.15, 0.2) is 6.29 Å². The highest BCUT2D eigenvalue weighted by Crippen LogP contribution is 2.67. The molecule has 4 fully saturated rings. The van der Waals surface area contributed by atoms with Gasteiger partial charge in [-0.3, -0.25) is 9.59 Å². The van der Waals surface area contributed by atoms with E-state index in [9.17, 15) is 19.8 Å². The molecule has 274 valence electrons. The SMILES string of the molecule is CCO[C@@H]1C(C)C(O)OC(COC(=O)CCC(=O)O[C@H]2CC[C@@]3(C)C(=CCC4C3CC[C@@]3(C)C4CC[C@@H]3[C@H](C)CCCC(C)C)C2)[C@@H]1O. The second kappa shape index (κ2) is 15.8. The van der Waals surface area contributed by atoms with Crippen LogP contribution in [0.15, 0.2) is 11.6 Å². The van der Waals surface area contributed by atoms with Gasteiger partial charge < -0.3 is 29.2 Å². The molecule has 5 aliphatic rings. The molecule has 48 heavy (non-hydrogen) atoms. The molecule has 1 aliphatic heterocycles. The van der Waals surface area contributed by atoms with E-state index in [-0.39, 0.29) is 36.9 Å². The molecule has 0 aromatic rings. The van der Waals surface area contributed by atoms with E-state index in [0.29, 0.717) is 12.0 Å². The zero-order valence-electron chi connectivity index (χ0n) is 31.0. The van der Waals surface area contributed by atoms with Crippen molar-refractivity contribution in [2.75, 3.05) is 13.2 Å². The Morgan fingerprint density at radius 1 is 1.00 bits per heavy atom. The fraction of sp³-hybridized carbons (Fsp3) is 0.900. The van der Waals surface area contributed by atoms with Crippen LogP contribution < -0.4 is 0 Å². The van der Waals surface area contributed by atoms with Crippen LogP contribution in [0, 0.1) is 52.3 Å². The summed E-state index contributed by atoms with van der Waals surface area (Å²) in [5, 5.41) is 20.8. The first-order valence-electron chi connectivity index (χ1n) is 19.5. The van der Waals surface area contributed by atoms with E-state index in [2.05, 4.69) is 40.7 Å². The Kier molecular flexibility index (Phi) is 12.4.